The molecule has 0 rings (SSSR count). The maximum absolute atomic E-state index is 10.2. The van der Waals surface area contributed by atoms with E-state index in [0.717, 1.165) is 12.8 Å². The summed E-state index contributed by atoms with van der Waals surface area (Å²) < 4.78 is 10.2. The van der Waals surface area contributed by atoms with Crippen molar-refractivity contribution in [3.8, 4) is 0 Å². The SMILES string of the molecule is CCC/C=C/CP(=O)(O)O. The van der Waals surface area contributed by atoms with Crippen molar-refractivity contribution >= 4 is 7.60 Å². The number of allylic oxidation sites excluding steroid dienone is 2. The summed E-state index contributed by atoms with van der Waals surface area (Å²) in [6, 6.07) is 0. The summed E-state index contributed by atoms with van der Waals surface area (Å²) in [5, 5.41) is 0. The fourth-order valence-electron chi connectivity index (χ4n) is 0.496. The van der Waals surface area contributed by atoms with Crippen molar-refractivity contribution in [1.29, 1.82) is 0 Å². The molecule has 0 aliphatic carbocycles. The number of hydrogen-bond acceptors (Lipinski definition) is 1. The van der Waals surface area contributed by atoms with Crippen LogP contribution in [0.1, 0.15) is 19.8 Å². The molecule has 60 valence electrons. The van der Waals surface area contributed by atoms with Crippen LogP contribution in [0, 0.1) is 0 Å². The van der Waals surface area contributed by atoms with Crippen LogP contribution >= 0.6 is 7.60 Å². The highest BCUT2D eigenvalue weighted by molar-refractivity contribution is 7.51. The molecule has 0 aromatic carbocycles. The molecule has 0 unspecified atom stereocenters. The van der Waals surface area contributed by atoms with Crippen LogP contribution in [0.15, 0.2) is 12.2 Å². The largest absolute Gasteiger partial charge is 0.329 e. The number of rotatable bonds is 4. The molecule has 0 heterocycles. The smallest absolute Gasteiger partial charge is 0.324 e. The Morgan fingerprint density at radius 1 is 1.40 bits per heavy atom. The van der Waals surface area contributed by atoms with Crippen molar-refractivity contribution in [2.24, 2.45) is 0 Å². The van der Waals surface area contributed by atoms with E-state index in [-0.39, 0.29) is 6.16 Å². The summed E-state index contributed by atoms with van der Waals surface area (Å²) in [4.78, 5) is 16.8. The van der Waals surface area contributed by atoms with Crippen LogP contribution in [-0.4, -0.2) is 15.9 Å². The zero-order valence-corrected chi connectivity index (χ0v) is 6.92. The Bertz CT molecular complexity index is 147. The van der Waals surface area contributed by atoms with E-state index < -0.39 is 7.60 Å². The monoisotopic (exact) mass is 164 g/mol. The van der Waals surface area contributed by atoms with Crippen LogP contribution in [-0.2, 0) is 4.57 Å². The van der Waals surface area contributed by atoms with Gasteiger partial charge in [-0.1, -0.05) is 25.5 Å². The van der Waals surface area contributed by atoms with Crippen molar-refractivity contribution in [2.75, 3.05) is 6.16 Å². The third-order valence-corrected chi connectivity index (χ3v) is 1.65. The van der Waals surface area contributed by atoms with Crippen LogP contribution in [0.25, 0.3) is 0 Å². The number of hydrogen-bond donors (Lipinski definition) is 2. The summed E-state index contributed by atoms with van der Waals surface area (Å²) >= 11 is 0. The van der Waals surface area contributed by atoms with Crippen molar-refractivity contribution in [2.45, 2.75) is 19.8 Å². The first-order chi connectivity index (χ1) is 4.56. The van der Waals surface area contributed by atoms with Crippen molar-refractivity contribution in [3.63, 3.8) is 0 Å². The first-order valence-corrected chi connectivity index (χ1v) is 5.05. The highest BCUT2D eigenvalue weighted by Crippen LogP contribution is 2.33. The van der Waals surface area contributed by atoms with Gasteiger partial charge in [-0.05, 0) is 6.42 Å². The Kier molecular flexibility index (Phi) is 4.62. The quantitative estimate of drug-likeness (QED) is 0.489. The van der Waals surface area contributed by atoms with E-state index in [9.17, 15) is 4.57 Å². The minimum absolute atomic E-state index is 0.132. The molecule has 2 N–H and O–H groups in total. The molecule has 0 spiro atoms. The summed E-state index contributed by atoms with van der Waals surface area (Å²) in [5.41, 5.74) is 0. The second-order valence-corrected chi connectivity index (χ2v) is 3.80. The standard InChI is InChI=1S/C6H13O3P/c1-2-3-4-5-6-10(7,8)9/h4-5H,2-3,6H2,1H3,(H2,7,8,9)/b5-4+. The zero-order chi connectivity index (χ0) is 8.04. The molecule has 0 aromatic rings. The third-order valence-electron chi connectivity index (χ3n) is 0.965. The second kappa shape index (κ2) is 4.67. The minimum Gasteiger partial charge on any atom is -0.324 e. The second-order valence-electron chi connectivity index (χ2n) is 2.11. The Balaban J connectivity index is 3.44. The first kappa shape index (κ1) is 9.89. The van der Waals surface area contributed by atoms with Gasteiger partial charge in [-0.2, -0.15) is 0 Å². The van der Waals surface area contributed by atoms with Crippen LogP contribution in [0.4, 0.5) is 0 Å². The van der Waals surface area contributed by atoms with E-state index in [4.69, 9.17) is 9.79 Å². The lowest BCUT2D eigenvalue weighted by molar-refractivity contribution is 0.377. The molecular weight excluding hydrogens is 151 g/mol. The van der Waals surface area contributed by atoms with Gasteiger partial charge in [0, 0.05) is 0 Å². The molecule has 0 saturated heterocycles. The fraction of sp³-hybridized carbons (Fsp3) is 0.667. The van der Waals surface area contributed by atoms with Crippen molar-refractivity contribution < 1.29 is 14.4 Å². The van der Waals surface area contributed by atoms with E-state index in [1.165, 1.54) is 6.08 Å². The summed E-state index contributed by atoms with van der Waals surface area (Å²) in [5.74, 6) is 0. The summed E-state index contributed by atoms with van der Waals surface area (Å²) in [6.07, 6.45) is 5.09. The molecule has 0 atom stereocenters. The third kappa shape index (κ3) is 7.89. The lowest BCUT2D eigenvalue weighted by Gasteiger charge is -1.95. The molecule has 0 aliphatic rings. The van der Waals surface area contributed by atoms with E-state index >= 15 is 0 Å². The molecule has 0 aliphatic heterocycles. The molecule has 0 aromatic heterocycles. The molecule has 0 bridgehead atoms. The predicted molar refractivity (Wildman–Crippen MR) is 41.0 cm³/mol. The molecule has 0 fully saturated rings. The molecule has 4 heteroatoms. The highest BCUT2D eigenvalue weighted by atomic mass is 31.2. The van der Waals surface area contributed by atoms with Crippen LogP contribution in [0.3, 0.4) is 0 Å². The summed E-state index contributed by atoms with van der Waals surface area (Å²) in [7, 11) is -3.79. The van der Waals surface area contributed by atoms with E-state index in [0.29, 0.717) is 0 Å². The fourth-order valence-corrected chi connectivity index (χ4v) is 0.920. The van der Waals surface area contributed by atoms with Gasteiger partial charge >= 0.3 is 7.60 Å². The van der Waals surface area contributed by atoms with Gasteiger partial charge in [0.15, 0.2) is 0 Å². The van der Waals surface area contributed by atoms with Gasteiger partial charge in [0.2, 0.25) is 0 Å². The number of unbranched alkanes of at least 4 members (excludes halogenated alkanes) is 1. The van der Waals surface area contributed by atoms with Gasteiger partial charge in [0.1, 0.15) is 0 Å². The van der Waals surface area contributed by atoms with Crippen LogP contribution < -0.4 is 0 Å². The summed E-state index contributed by atoms with van der Waals surface area (Å²) in [6.45, 7) is 2.02. The minimum atomic E-state index is -3.79. The van der Waals surface area contributed by atoms with Gasteiger partial charge in [0.25, 0.3) is 0 Å². The van der Waals surface area contributed by atoms with E-state index in [1.54, 1.807) is 6.08 Å². The van der Waals surface area contributed by atoms with Gasteiger partial charge in [0.05, 0.1) is 6.16 Å². The molecule has 3 nitrogen and oxygen atoms in total. The molecule has 0 amide bonds. The Morgan fingerprint density at radius 3 is 2.40 bits per heavy atom. The maximum atomic E-state index is 10.2. The zero-order valence-electron chi connectivity index (χ0n) is 6.03. The Hall–Kier alpha value is -0.110. The first-order valence-electron chi connectivity index (χ1n) is 3.26. The maximum Gasteiger partial charge on any atom is 0.329 e. The van der Waals surface area contributed by atoms with E-state index in [1.807, 2.05) is 6.92 Å². The predicted octanol–water partition coefficient (Wildman–Crippen LogP) is 1.52. The molecule has 10 heavy (non-hydrogen) atoms. The van der Waals surface area contributed by atoms with Crippen LogP contribution in [0.2, 0.25) is 0 Å². The topological polar surface area (TPSA) is 57.5 Å². The molecule has 0 radical (unpaired) electrons. The van der Waals surface area contributed by atoms with Gasteiger partial charge < -0.3 is 9.79 Å². The van der Waals surface area contributed by atoms with Crippen LogP contribution in [0.5, 0.6) is 0 Å². The average molecular weight is 164 g/mol. The normalized spacial score (nSPS) is 12.7. The van der Waals surface area contributed by atoms with Gasteiger partial charge in [-0.25, -0.2) is 0 Å². The van der Waals surface area contributed by atoms with E-state index in [2.05, 4.69) is 0 Å². The van der Waals surface area contributed by atoms with Gasteiger partial charge in [-0.3, -0.25) is 4.57 Å². The van der Waals surface area contributed by atoms with Gasteiger partial charge in [-0.15, -0.1) is 0 Å². The lowest BCUT2D eigenvalue weighted by Crippen LogP contribution is -1.80. The lowest BCUT2D eigenvalue weighted by atomic mass is 10.3. The molecular formula is C6H13O3P. The molecule has 0 saturated carbocycles. The highest BCUT2D eigenvalue weighted by Gasteiger charge is 2.07. The van der Waals surface area contributed by atoms with Crippen molar-refractivity contribution in [3.05, 3.63) is 12.2 Å². The Morgan fingerprint density at radius 2 is 2.00 bits per heavy atom. The van der Waals surface area contributed by atoms with Crippen molar-refractivity contribution in [1.82, 2.24) is 0 Å². The Labute approximate surface area is 60.9 Å². The average Bonchev–Trinajstić information content (AvgIpc) is 1.78.